The van der Waals surface area contributed by atoms with E-state index in [1.54, 1.807) is 12.1 Å². The van der Waals surface area contributed by atoms with Crippen LogP contribution in [0.3, 0.4) is 0 Å². The molecule has 1 aliphatic heterocycles. The van der Waals surface area contributed by atoms with Crippen molar-refractivity contribution in [1.82, 2.24) is 10.2 Å². The molecule has 1 heterocycles. The van der Waals surface area contributed by atoms with Crippen LogP contribution in [0.1, 0.15) is 33.6 Å². The number of benzene rings is 1. The minimum absolute atomic E-state index is 0.129. The monoisotopic (exact) mass is 333 g/mol. The summed E-state index contributed by atoms with van der Waals surface area (Å²) >= 11 is 0. The number of rotatable bonds is 7. The van der Waals surface area contributed by atoms with Crippen LogP contribution in [-0.2, 0) is 4.79 Å². The number of piperazine rings is 1. The number of nitrogens with zero attached hydrogens (tertiary/aromatic N) is 2. The standard InChI is InChI=1S/C19H31N3O2/c1-15(2)4-5-16(3)20-19(24)14-21-10-12-22(13-11-21)17-6-8-18(23)9-7-17/h6-9,15-16,23H,4-5,10-14H2,1-3H3,(H,20,24)/t16-/m0/s1. The molecule has 1 amide bonds. The van der Waals surface area contributed by atoms with Crippen molar-refractivity contribution in [2.24, 2.45) is 5.92 Å². The Morgan fingerprint density at radius 3 is 2.29 bits per heavy atom. The van der Waals surface area contributed by atoms with E-state index in [1.165, 1.54) is 0 Å². The second-order valence-corrected chi connectivity index (χ2v) is 7.22. The highest BCUT2D eigenvalue weighted by molar-refractivity contribution is 5.78. The smallest absolute Gasteiger partial charge is 0.234 e. The van der Waals surface area contributed by atoms with Gasteiger partial charge in [-0.15, -0.1) is 0 Å². The number of aromatic hydroxyl groups is 1. The zero-order chi connectivity index (χ0) is 17.5. The van der Waals surface area contributed by atoms with Crippen LogP contribution in [-0.4, -0.2) is 54.7 Å². The normalized spacial score (nSPS) is 17.1. The molecule has 0 aromatic heterocycles. The average Bonchev–Trinajstić information content (AvgIpc) is 2.54. The fourth-order valence-electron chi connectivity index (χ4n) is 3.01. The van der Waals surface area contributed by atoms with Crippen molar-refractivity contribution in [2.75, 3.05) is 37.6 Å². The molecule has 0 spiro atoms. The van der Waals surface area contributed by atoms with E-state index < -0.39 is 0 Å². The maximum absolute atomic E-state index is 12.2. The lowest BCUT2D eigenvalue weighted by molar-refractivity contribution is -0.123. The summed E-state index contributed by atoms with van der Waals surface area (Å²) in [6.07, 6.45) is 2.19. The van der Waals surface area contributed by atoms with Crippen LogP contribution >= 0.6 is 0 Å². The third-order valence-electron chi connectivity index (χ3n) is 4.54. The summed E-state index contributed by atoms with van der Waals surface area (Å²) in [5.41, 5.74) is 1.12. The molecule has 0 bridgehead atoms. The Hall–Kier alpha value is -1.75. The van der Waals surface area contributed by atoms with Crippen molar-refractivity contribution in [1.29, 1.82) is 0 Å². The summed E-state index contributed by atoms with van der Waals surface area (Å²) in [4.78, 5) is 16.7. The van der Waals surface area contributed by atoms with Crippen molar-refractivity contribution < 1.29 is 9.90 Å². The molecule has 0 saturated carbocycles. The number of carbonyl (C=O) groups is 1. The van der Waals surface area contributed by atoms with Gasteiger partial charge in [0.25, 0.3) is 0 Å². The Bertz CT molecular complexity index is 508. The second-order valence-electron chi connectivity index (χ2n) is 7.22. The fraction of sp³-hybridized carbons (Fsp3) is 0.632. The van der Waals surface area contributed by atoms with E-state index >= 15 is 0 Å². The first-order chi connectivity index (χ1) is 11.4. The maximum Gasteiger partial charge on any atom is 0.234 e. The van der Waals surface area contributed by atoms with Gasteiger partial charge in [0.2, 0.25) is 5.91 Å². The van der Waals surface area contributed by atoms with E-state index in [1.807, 2.05) is 12.1 Å². The molecule has 1 atom stereocenters. The van der Waals surface area contributed by atoms with E-state index in [-0.39, 0.29) is 11.9 Å². The van der Waals surface area contributed by atoms with Gasteiger partial charge in [0.05, 0.1) is 6.54 Å². The van der Waals surface area contributed by atoms with E-state index in [0.717, 1.165) is 44.7 Å². The zero-order valence-corrected chi connectivity index (χ0v) is 15.2. The van der Waals surface area contributed by atoms with Crippen LogP contribution < -0.4 is 10.2 Å². The molecule has 2 rings (SSSR count). The Balaban J connectivity index is 1.70. The number of anilines is 1. The molecule has 0 unspecified atom stereocenters. The van der Waals surface area contributed by atoms with Crippen LogP contribution in [0.4, 0.5) is 5.69 Å². The van der Waals surface area contributed by atoms with Crippen LogP contribution in [0.2, 0.25) is 0 Å². The van der Waals surface area contributed by atoms with E-state index in [2.05, 4.69) is 35.9 Å². The van der Waals surface area contributed by atoms with Crippen molar-refractivity contribution in [3.05, 3.63) is 24.3 Å². The SMILES string of the molecule is CC(C)CC[C@H](C)NC(=O)CN1CCN(c2ccc(O)cc2)CC1. The predicted molar refractivity (Wildman–Crippen MR) is 98.4 cm³/mol. The minimum Gasteiger partial charge on any atom is -0.508 e. The molecule has 24 heavy (non-hydrogen) atoms. The van der Waals surface area contributed by atoms with Crippen molar-refractivity contribution >= 4 is 11.6 Å². The lowest BCUT2D eigenvalue weighted by atomic mass is 10.0. The van der Waals surface area contributed by atoms with Crippen LogP contribution in [0.15, 0.2) is 24.3 Å². The van der Waals surface area contributed by atoms with Crippen LogP contribution in [0.5, 0.6) is 5.75 Å². The van der Waals surface area contributed by atoms with Crippen molar-refractivity contribution in [3.8, 4) is 5.75 Å². The van der Waals surface area contributed by atoms with Gasteiger partial charge < -0.3 is 15.3 Å². The lowest BCUT2D eigenvalue weighted by Crippen LogP contribution is -2.50. The molecule has 5 heteroatoms. The summed E-state index contributed by atoms with van der Waals surface area (Å²) in [5, 5.41) is 12.5. The highest BCUT2D eigenvalue weighted by Crippen LogP contribution is 2.19. The van der Waals surface area contributed by atoms with Crippen molar-refractivity contribution in [2.45, 2.75) is 39.7 Å². The number of hydrogen-bond donors (Lipinski definition) is 2. The number of carbonyl (C=O) groups excluding carboxylic acids is 1. The van der Waals surface area contributed by atoms with Crippen molar-refractivity contribution in [3.63, 3.8) is 0 Å². The first-order valence-electron chi connectivity index (χ1n) is 8.99. The Labute approximate surface area is 145 Å². The molecule has 1 aromatic carbocycles. The van der Waals surface area contributed by atoms with Gasteiger partial charge in [-0.05, 0) is 49.9 Å². The molecule has 1 fully saturated rings. The predicted octanol–water partition coefficient (Wildman–Crippen LogP) is 2.46. The fourth-order valence-corrected chi connectivity index (χ4v) is 3.01. The van der Waals surface area contributed by atoms with Crippen LogP contribution in [0, 0.1) is 5.92 Å². The minimum atomic E-state index is 0.129. The largest absolute Gasteiger partial charge is 0.508 e. The second kappa shape index (κ2) is 8.92. The van der Waals surface area contributed by atoms with Gasteiger partial charge in [-0.1, -0.05) is 13.8 Å². The molecule has 5 nitrogen and oxygen atoms in total. The molecule has 2 N–H and O–H groups in total. The third-order valence-corrected chi connectivity index (χ3v) is 4.54. The summed E-state index contributed by atoms with van der Waals surface area (Å²) in [6, 6.07) is 7.56. The number of amides is 1. The van der Waals surface area contributed by atoms with Gasteiger partial charge in [-0.25, -0.2) is 0 Å². The highest BCUT2D eigenvalue weighted by atomic mass is 16.3. The number of nitrogens with one attached hydrogen (secondary N) is 1. The Kier molecular flexibility index (Phi) is 6.91. The topological polar surface area (TPSA) is 55.8 Å². The number of phenols is 1. The van der Waals surface area contributed by atoms with Crippen LogP contribution in [0.25, 0.3) is 0 Å². The summed E-state index contributed by atoms with van der Waals surface area (Å²) in [5.74, 6) is 1.10. The van der Waals surface area contributed by atoms with Gasteiger partial charge in [0, 0.05) is 37.9 Å². The van der Waals surface area contributed by atoms with E-state index in [9.17, 15) is 9.90 Å². The summed E-state index contributed by atoms with van der Waals surface area (Å²) < 4.78 is 0. The molecular weight excluding hydrogens is 302 g/mol. The molecule has 1 aromatic rings. The number of hydrogen-bond acceptors (Lipinski definition) is 4. The molecule has 0 radical (unpaired) electrons. The molecule has 1 aliphatic rings. The van der Waals surface area contributed by atoms with Gasteiger partial charge in [0.1, 0.15) is 5.75 Å². The Morgan fingerprint density at radius 2 is 1.71 bits per heavy atom. The van der Waals surface area contributed by atoms with E-state index in [0.29, 0.717) is 18.2 Å². The first-order valence-corrected chi connectivity index (χ1v) is 8.99. The van der Waals surface area contributed by atoms with Gasteiger partial charge in [-0.2, -0.15) is 0 Å². The zero-order valence-electron chi connectivity index (χ0n) is 15.2. The van der Waals surface area contributed by atoms with E-state index in [4.69, 9.17) is 0 Å². The highest BCUT2D eigenvalue weighted by Gasteiger charge is 2.19. The lowest BCUT2D eigenvalue weighted by Gasteiger charge is -2.35. The third kappa shape index (κ3) is 6.04. The summed E-state index contributed by atoms with van der Waals surface area (Å²) in [7, 11) is 0. The summed E-state index contributed by atoms with van der Waals surface area (Å²) in [6.45, 7) is 10.6. The quantitative estimate of drug-likeness (QED) is 0.805. The Morgan fingerprint density at radius 1 is 1.08 bits per heavy atom. The molecule has 134 valence electrons. The van der Waals surface area contributed by atoms with Gasteiger partial charge in [-0.3, -0.25) is 9.69 Å². The average molecular weight is 333 g/mol. The first kappa shape index (κ1) is 18.6. The maximum atomic E-state index is 12.2. The molecule has 0 aliphatic carbocycles. The molecular formula is C19H31N3O2. The number of phenolic OH excluding ortho intramolecular Hbond substituents is 1. The van der Waals surface area contributed by atoms with Gasteiger partial charge in [0.15, 0.2) is 0 Å². The van der Waals surface area contributed by atoms with Gasteiger partial charge >= 0.3 is 0 Å². The molecule has 1 saturated heterocycles.